The van der Waals surface area contributed by atoms with Gasteiger partial charge in [0.1, 0.15) is 6.10 Å². The number of nitrogens with one attached hydrogen (secondary N) is 2. The van der Waals surface area contributed by atoms with E-state index in [1.54, 1.807) is 36.4 Å². The van der Waals surface area contributed by atoms with Crippen molar-refractivity contribution in [3.63, 3.8) is 0 Å². The van der Waals surface area contributed by atoms with Crippen molar-refractivity contribution in [1.82, 2.24) is 0 Å². The predicted octanol–water partition coefficient (Wildman–Crippen LogP) is 3.82. The third kappa shape index (κ3) is 4.21. The molecule has 1 atom stereocenters. The van der Waals surface area contributed by atoms with Crippen LogP contribution in [-0.4, -0.2) is 24.5 Å². The maximum atomic E-state index is 12.1. The molecular formula is C18H17BrN2O3. The highest BCUT2D eigenvalue weighted by Gasteiger charge is 2.23. The number of anilines is 2. The molecule has 0 spiro atoms. The van der Waals surface area contributed by atoms with Crippen molar-refractivity contribution in [1.29, 1.82) is 0 Å². The second kappa shape index (κ2) is 7.59. The molecule has 0 aromatic heterocycles. The Morgan fingerprint density at radius 1 is 0.958 bits per heavy atom. The maximum Gasteiger partial charge on any atom is 0.255 e. The molecule has 0 radical (unpaired) electrons. The van der Waals surface area contributed by atoms with E-state index >= 15 is 0 Å². The largest absolute Gasteiger partial charge is 0.368 e. The van der Waals surface area contributed by atoms with Crippen LogP contribution < -0.4 is 10.6 Å². The lowest BCUT2D eigenvalue weighted by atomic mass is 10.2. The minimum atomic E-state index is -0.359. The summed E-state index contributed by atoms with van der Waals surface area (Å²) in [5.41, 5.74) is 1.92. The summed E-state index contributed by atoms with van der Waals surface area (Å²) in [5.74, 6) is -0.308. The van der Waals surface area contributed by atoms with Crippen LogP contribution in [0.25, 0.3) is 0 Å². The summed E-state index contributed by atoms with van der Waals surface area (Å²) in [7, 11) is 0. The van der Waals surface area contributed by atoms with Crippen LogP contribution in [0.1, 0.15) is 23.2 Å². The van der Waals surface area contributed by atoms with Gasteiger partial charge in [0.25, 0.3) is 11.8 Å². The van der Waals surface area contributed by atoms with Crippen molar-refractivity contribution in [2.45, 2.75) is 18.9 Å². The normalized spacial score (nSPS) is 16.6. The molecule has 1 fully saturated rings. The predicted molar refractivity (Wildman–Crippen MR) is 96.1 cm³/mol. The molecule has 1 saturated heterocycles. The summed E-state index contributed by atoms with van der Waals surface area (Å²) in [4.78, 5) is 24.1. The quantitative estimate of drug-likeness (QED) is 0.836. The minimum Gasteiger partial charge on any atom is -0.368 e. The van der Waals surface area contributed by atoms with Crippen molar-refractivity contribution in [2.75, 3.05) is 17.2 Å². The van der Waals surface area contributed by atoms with Crippen molar-refractivity contribution < 1.29 is 14.3 Å². The van der Waals surface area contributed by atoms with E-state index in [4.69, 9.17) is 4.74 Å². The van der Waals surface area contributed by atoms with E-state index in [1.807, 2.05) is 12.1 Å². The van der Waals surface area contributed by atoms with Gasteiger partial charge < -0.3 is 15.4 Å². The first-order valence-corrected chi connectivity index (χ1v) is 8.50. The van der Waals surface area contributed by atoms with Crippen LogP contribution in [-0.2, 0) is 9.53 Å². The molecule has 2 aromatic carbocycles. The molecule has 2 aromatic rings. The number of rotatable bonds is 4. The molecular weight excluding hydrogens is 372 g/mol. The van der Waals surface area contributed by atoms with Crippen molar-refractivity contribution in [3.05, 3.63) is 58.6 Å². The van der Waals surface area contributed by atoms with Crippen molar-refractivity contribution in [3.8, 4) is 0 Å². The van der Waals surface area contributed by atoms with Gasteiger partial charge in [-0.1, -0.05) is 15.9 Å². The molecule has 0 saturated carbocycles. The fourth-order valence-corrected chi connectivity index (χ4v) is 2.71. The molecule has 2 amide bonds. The number of carbonyl (C=O) groups excluding carboxylic acids is 2. The Kier molecular flexibility index (Phi) is 5.27. The zero-order valence-corrected chi connectivity index (χ0v) is 14.5. The van der Waals surface area contributed by atoms with Crippen LogP contribution >= 0.6 is 15.9 Å². The van der Waals surface area contributed by atoms with E-state index in [1.165, 1.54) is 0 Å². The first-order valence-electron chi connectivity index (χ1n) is 7.71. The van der Waals surface area contributed by atoms with Crippen LogP contribution in [0.4, 0.5) is 11.4 Å². The summed E-state index contributed by atoms with van der Waals surface area (Å²) >= 11 is 3.34. The molecule has 1 aliphatic rings. The monoisotopic (exact) mass is 388 g/mol. The van der Waals surface area contributed by atoms with E-state index in [0.29, 0.717) is 23.5 Å². The van der Waals surface area contributed by atoms with Crippen molar-refractivity contribution >= 4 is 39.1 Å². The van der Waals surface area contributed by atoms with Gasteiger partial charge in [0.05, 0.1) is 0 Å². The summed E-state index contributed by atoms with van der Waals surface area (Å²) < 4.78 is 6.27. The summed E-state index contributed by atoms with van der Waals surface area (Å²) in [5, 5.41) is 5.64. The summed E-state index contributed by atoms with van der Waals surface area (Å²) in [6.45, 7) is 0.638. The van der Waals surface area contributed by atoms with Gasteiger partial charge in [-0.25, -0.2) is 0 Å². The topological polar surface area (TPSA) is 67.4 Å². The number of hydrogen-bond donors (Lipinski definition) is 2. The Balaban J connectivity index is 1.58. The summed E-state index contributed by atoms with van der Waals surface area (Å²) in [6, 6.07) is 14.1. The fourth-order valence-electron chi connectivity index (χ4n) is 2.45. The average molecular weight is 389 g/mol. The Morgan fingerprint density at radius 2 is 1.58 bits per heavy atom. The first-order chi connectivity index (χ1) is 11.6. The SMILES string of the molecule is O=C(Nc1ccc(NC(=O)C2CCCO2)cc1)c1ccc(Br)cc1. The molecule has 1 heterocycles. The number of carbonyl (C=O) groups is 2. The Bertz CT molecular complexity index is 723. The zero-order valence-electron chi connectivity index (χ0n) is 12.9. The molecule has 6 heteroatoms. The lowest BCUT2D eigenvalue weighted by Gasteiger charge is -2.11. The van der Waals surface area contributed by atoms with Gasteiger partial charge in [0.2, 0.25) is 0 Å². The smallest absolute Gasteiger partial charge is 0.255 e. The lowest BCUT2D eigenvalue weighted by molar-refractivity contribution is -0.124. The van der Waals surface area contributed by atoms with E-state index < -0.39 is 0 Å². The van der Waals surface area contributed by atoms with Gasteiger partial charge in [0, 0.05) is 28.0 Å². The van der Waals surface area contributed by atoms with Gasteiger partial charge in [-0.15, -0.1) is 0 Å². The maximum absolute atomic E-state index is 12.1. The number of hydrogen-bond acceptors (Lipinski definition) is 3. The molecule has 0 aliphatic carbocycles. The van der Waals surface area contributed by atoms with Crippen LogP contribution in [0.2, 0.25) is 0 Å². The highest BCUT2D eigenvalue weighted by Crippen LogP contribution is 2.18. The molecule has 5 nitrogen and oxygen atoms in total. The van der Waals surface area contributed by atoms with Gasteiger partial charge in [-0.3, -0.25) is 9.59 Å². The molecule has 24 heavy (non-hydrogen) atoms. The van der Waals surface area contributed by atoms with E-state index in [9.17, 15) is 9.59 Å². The highest BCUT2D eigenvalue weighted by atomic mass is 79.9. The molecule has 1 aliphatic heterocycles. The number of benzene rings is 2. The second-order valence-electron chi connectivity index (χ2n) is 5.53. The fraction of sp³-hybridized carbons (Fsp3) is 0.222. The third-order valence-electron chi connectivity index (χ3n) is 3.74. The minimum absolute atomic E-state index is 0.126. The Labute approximate surface area is 148 Å². The zero-order chi connectivity index (χ0) is 16.9. The Morgan fingerprint density at radius 3 is 2.17 bits per heavy atom. The van der Waals surface area contributed by atoms with Gasteiger partial charge >= 0.3 is 0 Å². The number of halogens is 1. The molecule has 0 bridgehead atoms. The van der Waals surface area contributed by atoms with Gasteiger partial charge in [-0.2, -0.15) is 0 Å². The average Bonchev–Trinajstić information content (AvgIpc) is 3.12. The van der Waals surface area contributed by atoms with Gasteiger partial charge in [0.15, 0.2) is 0 Å². The van der Waals surface area contributed by atoms with Crippen LogP contribution in [0.15, 0.2) is 53.0 Å². The molecule has 2 N–H and O–H groups in total. The second-order valence-corrected chi connectivity index (χ2v) is 6.44. The first kappa shape index (κ1) is 16.7. The summed E-state index contributed by atoms with van der Waals surface area (Å²) in [6.07, 6.45) is 1.31. The number of amides is 2. The number of ether oxygens (including phenoxy) is 1. The standard InChI is InChI=1S/C18H17BrN2O3/c19-13-5-3-12(4-6-13)17(22)20-14-7-9-15(10-8-14)21-18(23)16-2-1-11-24-16/h3-10,16H,1-2,11H2,(H,20,22)(H,21,23). The third-order valence-corrected chi connectivity index (χ3v) is 4.27. The van der Waals surface area contributed by atoms with Gasteiger partial charge in [-0.05, 0) is 61.4 Å². The lowest BCUT2D eigenvalue weighted by Crippen LogP contribution is -2.26. The van der Waals surface area contributed by atoms with Crippen LogP contribution in [0.5, 0.6) is 0 Å². The van der Waals surface area contributed by atoms with E-state index in [-0.39, 0.29) is 17.9 Å². The molecule has 1 unspecified atom stereocenters. The van der Waals surface area contributed by atoms with Crippen molar-refractivity contribution in [2.24, 2.45) is 0 Å². The highest BCUT2D eigenvalue weighted by molar-refractivity contribution is 9.10. The van der Waals surface area contributed by atoms with Crippen LogP contribution in [0.3, 0.4) is 0 Å². The Hall–Kier alpha value is -2.18. The van der Waals surface area contributed by atoms with E-state index in [0.717, 1.165) is 17.3 Å². The molecule has 3 rings (SSSR count). The van der Waals surface area contributed by atoms with Crippen LogP contribution in [0, 0.1) is 0 Å². The molecule has 124 valence electrons. The van der Waals surface area contributed by atoms with E-state index in [2.05, 4.69) is 26.6 Å².